The van der Waals surface area contributed by atoms with Crippen LogP contribution < -0.4 is 0 Å². The Kier molecular flexibility index (Phi) is 2.72. The number of aryl methyl sites for hydroxylation is 1. The van der Waals surface area contributed by atoms with Gasteiger partial charge in [0.25, 0.3) is 0 Å². The molecular formula is C10H12Br. The Balaban J connectivity index is 3.05. The molecule has 0 saturated carbocycles. The highest BCUT2D eigenvalue weighted by Gasteiger charge is 2.00. The number of hydrogen-bond donors (Lipinski definition) is 0. The minimum absolute atomic E-state index is 1.18. The number of rotatable bonds is 1. The van der Waals surface area contributed by atoms with Crippen molar-refractivity contribution in [1.29, 1.82) is 0 Å². The molecule has 0 nitrogen and oxygen atoms in total. The highest BCUT2D eigenvalue weighted by atomic mass is 79.9. The number of halogens is 1. The summed E-state index contributed by atoms with van der Waals surface area (Å²) in [6.07, 6.45) is 0. The maximum absolute atomic E-state index is 3.47. The van der Waals surface area contributed by atoms with Gasteiger partial charge in [-0.2, -0.15) is 0 Å². The van der Waals surface area contributed by atoms with E-state index in [9.17, 15) is 0 Å². The molecule has 0 N–H and O–H groups in total. The number of benzene rings is 1. The molecule has 0 aromatic heterocycles. The Morgan fingerprint density at radius 2 is 1.91 bits per heavy atom. The van der Waals surface area contributed by atoms with Gasteiger partial charge in [0, 0.05) is 4.47 Å². The van der Waals surface area contributed by atoms with E-state index in [-0.39, 0.29) is 0 Å². The first kappa shape index (κ1) is 8.79. The molecule has 1 aromatic rings. The fraction of sp³-hybridized carbons (Fsp3) is 0.300. The van der Waals surface area contributed by atoms with E-state index in [0.29, 0.717) is 0 Å². The van der Waals surface area contributed by atoms with Gasteiger partial charge in [0.1, 0.15) is 0 Å². The van der Waals surface area contributed by atoms with Crippen molar-refractivity contribution >= 4 is 15.9 Å². The van der Waals surface area contributed by atoms with E-state index in [0.717, 1.165) is 0 Å². The van der Waals surface area contributed by atoms with Crippen molar-refractivity contribution < 1.29 is 0 Å². The van der Waals surface area contributed by atoms with Crippen molar-refractivity contribution in [3.63, 3.8) is 0 Å². The molecule has 0 saturated heterocycles. The predicted octanol–water partition coefficient (Wildman–Crippen LogP) is 3.72. The van der Waals surface area contributed by atoms with Crippen LogP contribution in [-0.4, -0.2) is 0 Å². The van der Waals surface area contributed by atoms with Crippen LogP contribution >= 0.6 is 15.9 Å². The molecule has 1 heteroatoms. The Morgan fingerprint density at radius 1 is 1.27 bits per heavy atom. The molecule has 0 heterocycles. The molecule has 0 aliphatic carbocycles. The van der Waals surface area contributed by atoms with Crippen LogP contribution in [0.1, 0.15) is 25.0 Å². The summed E-state index contributed by atoms with van der Waals surface area (Å²) in [4.78, 5) is 0. The van der Waals surface area contributed by atoms with Gasteiger partial charge in [-0.15, -0.1) is 0 Å². The zero-order chi connectivity index (χ0) is 8.43. The molecule has 0 unspecified atom stereocenters. The first-order valence-electron chi connectivity index (χ1n) is 3.68. The third-order valence-electron chi connectivity index (χ3n) is 1.74. The van der Waals surface area contributed by atoms with Gasteiger partial charge in [0.2, 0.25) is 0 Å². The second kappa shape index (κ2) is 3.40. The molecule has 1 radical (unpaired) electrons. The van der Waals surface area contributed by atoms with Crippen molar-refractivity contribution in [3.8, 4) is 0 Å². The Labute approximate surface area is 76.8 Å². The van der Waals surface area contributed by atoms with Crippen LogP contribution in [0.4, 0.5) is 0 Å². The fourth-order valence-electron chi connectivity index (χ4n) is 0.956. The highest BCUT2D eigenvalue weighted by molar-refractivity contribution is 9.10. The average molecular weight is 212 g/mol. The monoisotopic (exact) mass is 211 g/mol. The molecular weight excluding hydrogens is 200 g/mol. The summed E-state index contributed by atoms with van der Waals surface area (Å²) in [5.41, 5.74) is 2.62. The van der Waals surface area contributed by atoms with Crippen molar-refractivity contribution in [2.75, 3.05) is 0 Å². The largest absolute Gasteiger partial charge is 0.0573 e. The van der Waals surface area contributed by atoms with E-state index in [4.69, 9.17) is 0 Å². The van der Waals surface area contributed by atoms with Crippen molar-refractivity contribution in [3.05, 3.63) is 39.7 Å². The summed E-state index contributed by atoms with van der Waals surface area (Å²) < 4.78 is 1.18. The third kappa shape index (κ3) is 2.06. The molecule has 0 atom stereocenters. The average Bonchev–Trinajstić information content (AvgIpc) is 1.94. The van der Waals surface area contributed by atoms with Crippen LogP contribution in [0.3, 0.4) is 0 Å². The van der Waals surface area contributed by atoms with E-state index in [2.05, 4.69) is 54.9 Å². The molecule has 1 rings (SSSR count). The first-order valence-corrected chi connectivity index (χ1v) is 4.47. The van der Waals surface area contributed by atoms with Crippen LogP contribution in [0.5, 0.6) is 0 Å². The van der Waals surface area contributed by atoms with E-state index in [1.807, 2.05) is 0 Å². The minimum Gasteiger partial charge on any atom is -0.0573 e. The van der Waals surface area contributed by atoms with E-state index in [1.54, 1.807) is 0 Å². The molecule has 0 amide bonds. The quantitative estimate of drug-likeness (QED) is 0.665. The molecule has 0 fully saturated rings. The summed E-state index contributed by atoms with van der Waals surface area (Å²) in [7, 11) is 0. The summed E-state index contributed by atoms with van der Waals surface area (Å²) in [5, 5.41) is 0. The van der Waals surface area contributed by atoms with Gasteiger partial charge in [-0.25, -0.2) is 0 Å². The molecule has 0 spiro atoms. The standard InChI is InChI=1S/C10H12Br/c1-7(2)9-4-5-10(11)8(3)6-9/h4-6H,1-3H3. The second-order valence-electron chi connectivity index (χ2n) is 2.96. The lowest BCUT2D eigenvalue weighted by Crippen LogP contribution is -1.88. The van der Waals surface area contributed by atoms with Gasteiger partial charge in [-0.1, -0.05) is 41.9 Å². The molecule has 1 aromatic carbocycles. The topological polar surface area (TPSA) is 0 Å². The maximum Gasteiger partial charge on any atom is 0.0204 e. The zero-order valence-electron chi connectivity index (χ0n) is 7.11. The molecule has 0 aliphatic rings. The Bertz CT molecular complexity index is 251. The van der Waals surface area contributed by atoms with Gasteiger partial charge < -0.3 is 0 Å². The maximum atomic E-state index is 3.47. The van der Waals surface area contributed by atoms with Gasteiger partial charge in [0.15, 0.2) is 0 Å². The lowest BCUT2D eigenvalue weighted by molar-refractivity contribution is 1.14. The fourth-order valence-corrected chi connectivity index (χ4v) is 1.20. The SMILES string of the molecule is C[C](C)c1ccc(Br)c(C)c1. The highest BCUT2D eigenvalue weighted by Crippen LogP contribution is 2.21. The molecule has 0 bridgehead atoms. The van der Waals surface area contributed by atoms with E-state index < -0.39 is 0 Å². The van der Waals surface area contributed by atoms with Gasteiger partial charge in [-0.3, -0.25) is 0 Å². The van der Waals surface area contributed by atoms with Crippen LogP contribution in [-0.2, 0) is 0 Å². The summed E-state index contributed by atoms with van der Waals surface area (Å²) in [5.74, 6) is 1.36. The smallest absolute Gasteiger partial charge is 0.0204 e. The van der Waals surface area contributed by atoms with Gasteiger partial charge in [-0.05, 0) is 30.0 Å². The zero-order valence-corrected chi connectivity index (χ0v) is 8.70. The molecule has 11 heavy (non-hydrogen) atoms. The normalized spacial score (nSPS) is 10.6. The van der Waals surface area contributed by atoms with E-state index >= 15 is 0 Å². The third-order valence-corrected chi connectivity index (χ3v) is 2.63. The lowest BCUT2D eigenvalue weighted by Gasteiger charge is -2.06. The van der Waals surface area contributed by atoms with Crippen LogP contribution in [0, 0.1) is 12.8 Å². The Hall–Kier alpha value is -0.300. The Morgan fingerprint density at radius 3 is 2.36 bits per heavy atom. The van der Waals surface area contributed by atoms with Crippen LogP contribution in [0.25, 0.3) is 0 Å². The van der Waals surface area contributed by atoms with Crippen LogP contribution in [0.15, 0.2) is 22.7 Å². The van der Waals surface area contributed by atoms with Gasteiger partial charge in [0.05, 0.1) is 0 Å². The first-order chi connectivity index (χ1) is 5.11. The second-order valence-corrected chi connectivity index (χ2v) is 3.82. The molecule has 59 valence electrons. The predicted molar refractivity (Wildman–Crippen MR) is 52.6 cm³/mol. The molecule has 0 aliphatic heterocycles. The lowest BCUT2D eigenvalue weighted by atomic mass is 10.0. The van der Waals surface area contributed by atoms with Gasteiger partial charge >= 0.3 is 0 Å². The van der Waals surface area contributed by atoms with Crippen molar-refractivity contribution in [1.82, 2.24) is 0 Å². The number of hydrogen-bond acceptors (Lipinski definition) is 0. The van der Waals surface area contributed by atoms with Crippen LogP contribution in [0.2, 0.25) is 0 Å². The minimum atomic E-state index is 1.18. The van der Waals surface area contributed by atoms with Crippen molar-refractivity contribution in [2.24, 2.45) is 0 Å². The van der Waals surface area contributed by atoms with E-state index in [1.165, 1.54) is 21.5 Å². The van der Waals surface area contributed by atoms with Crippen molar-refractivity contribution in [2.45, 2.75) is 20.8 Å². The summed E-state index contributed by atoms with van der Waals surface area (Å²) >= 11 is 3.47. The summed E-state index contributed by atoms with van der Waals surface area (Å²) in [6, 6.07) is 6.42. The summed E-state index contributed by atoms with van der Waals surface area (Å²) in [6.45, 7) is 6.36.